The van der Waals surface area contributed by atoms with Crippen LogP contribution in [0.25, 0.3) is 10.8 Å². The molecule has 3 aromatic rings. The lowest BCUT2D eigenvalue weighted by Gasteiger charge is -2.31. The summed E-state index contributed by atoms with van der Waals surface area (Å²) in [4.78, 5) is 3.97. The van der Waals surface area contributed by atoms with E-state index in [2.05, 4.69) is 4.98 Å². The molecule has 4 rings (SSSR count). The van der Waals surface area contributed by atoms with Gasteiger partial charge in [0.1, 0.15) is 0 Å². The highest BCUT2D eigenvalue weighted by atomic mass is 35.5. The maximum atomic E-state index is 14.4. The van der Waals surface area contributed by atoms with Crippen molar-refractivity contribution in [2.45, 2.75) is 0 Å². The van der Waals surface area contributed by atoms with Gasteiger partial charge in [-0.3, -0.25) is 0 Å². The average molecular weight is 331 g/mol. The van der Waals surface area contributed by atoms with E-state index in [9.17, 15) is 8.63 Å². The second-order valence-electron chi connectivity index (χ2n) is 5.25. The van der Waals surface area contributed by atoms with Crippen molar-refractivity contribution < 1.29 is 17.8 Å². The van der Waals surface area contributed by atoms with Gasteiger partial charge in [-0.1, -0.05) is 46.9 Å². The predicted octanol–water partition coefficient (Wildman–Crippen LogP) is 4.42. The first-order chi connectivity index (χ1) is 11.0. The number of halogens is 3. The van der Waals surface area contributed by atoms with Crippen LogP contribution in [-0.2, 0) is 0 Å². The largest absolute Gasteiger partial charge is 0.734 e. The van der Waals surface area contributed by atoms with E-state index in [0.717, 1.165) is 15.3 Å². The zero-order valence-electron chi connectivity index (χ0n) is 11.8. The maximum absolute atomic E-state index is 14.4. The molecule has 1 aromatic heterocycles. The molecule has 0 atom stereocenters. The van der Waals surface area contributed by atoms with Crippen molar-refractivity contribution in [2.75, 3.05) is 0 Å². The summed E-state index contributed by atoms with van der Waals surface area (Å²) in [6, 6.07) is 13.8. The number of pyridine rings is 1. The van der Waals surface area contributed by atoms with Gasteiger partial charge in [0, 0.05) is 6.07 Å². The summed E-state index contributed by atoms with van der Waals surface area (Å²) in [5.41, 5.74) is 0.604. The monoisotopic (exact) mass is 330 g/mol. The molecule has 0 saturated heterocycles. The highest BCUT2D eigenvalue weighted by Gasteiger charge is 2.45. The van der Waals surface area contributed by atoms with Gasteiger partial charge in [0.2, 0.25) is 0 Å². The molecule has 3 nitrogen and oxygen atoms in total. The molecular weight excluding hydrogens is 320 g/mol. The molecule has 0 bridgehead atoms. The zero-order valence-corrected chi connectivity index (χ0v) is 12.5. The summed E-state index contributed by atoms with van der Waals surface area (Å²) >= 11 is 5.78. The fourth-order valence-corrected chi connectivity index (χ4v) is 2.80. The van der Waals surface area contributed by atoms with Crippen LogP contribution < -0.4 is 4.65 Å². The van der Waals surface area contributed by atoms with Gasteiger partial charge < -0.3 is 17.8 Å². The molecule has 1 aliphatic rings. The van der Waals surface area contributed by atoms with E-state index >= 15 is 0 Å². The molecule has 0 saturated carbocycles. The molecule has 0 N–H and O–H groups in total. The number of fused-ring (bicyclic) bond motifs is 3. The van der Waals surface area contributed by atoms with Crippen LogP contribution in [0.1, 0.15) is 5.56 Å². The van der Waals surface area contributed by atoms with E-state index in [-0.39, 0.29) is 11.6 Å². The van der Waals surface area contributed by atoms with E-state index in [0.29, 0.717) is 10.6 Å². The Morgan fingerprint density at radius 1 is 1.04 bits per heavy atom. The number of rotatable bonds is 1. The standard InChI is InChI=1S/C16H10BClF2N2O/c18-12-6-8-16(21-9-12)22-10-14-13-4-2-1-3-11(13)5-7-15(14)23-17(22,19)20/h1-10H. The Labute approximate surface area is 135 Å². The third-order valence-corrected chi connectivity index (χ3v) is 3.99. The predicted molar refractivity (Wildman–Crippen MR) is 86.9 cm³/mol. The minimum absolute atomic E-state index is 0.0815. The number of benzene rings is 2. The lowest BCUT2D eigenvalue weighted by atomic mass is 9.96. The van der Waals surface area contributed by atoms with Crippen LogP contribution in [0.3, 0.4) is 0 Å². The molecule has 0 aliphatic carbocycles. The summed E-state index contributed by atoms with van der Waals surface area (Å²) in [7, 11) is -4.26. The van der Waals surface area contributed by atoms with Crippen LogP contribution in [0.2, 0.25) is 5.02 Å². The van der Waals surface area contributed by atoms with Crippen LogP contribution in [0.15, 0.2) is 54.7 Å². The van der Waals surface area contributed by atoms with E-state index in [4.69, 9.17) is 16.3 Å². The number of nitrogens with zero attached hydrogens (tertiary/aromatic N) is 2. The van der Waals surface area contributed by atoms with Gasteiger partial charge in [-0.05, 0) is 22.9 Å². The van der Waals surface area contributed by atoms with Gasteiger partial charge in [-0.25, -0.2) is 0 Å². The molecule has 2 heterocycles. The van der Waals surface area contributed by atoms with Crippen LogP contribution in [0, 0.1) is 0 Å². The summed E-state index contributed by atoms with van der Waals surface area (Å²) < 4.78 is 34.5. The number of hydrogen-bond donors (Lipinski definition) is 0. The minimum atomic E-state index is -4.26. The quantitative estimate of drug-likeness (QED) is 0.617. The molecule has 7 heteroatoms. The first kappa shape index (κ1) is 14.1. The Hall–Kier alpha value is -2.47. The average Bonchev–Trinajstić information content (AvgIpc) is 2.54. The topological polar surface area (TPSA) is 25.1 Å². The molecule has 0 spiro atoms. The van der Waals surface area contributed by atoms with E-state index < -0.39 is 7.04 Å². The zero-order chi connectivity index (χ0) is 16.0. The van der Waals surface area contributed by atoms with Gasteiger partial charge in [-0.15, -0.1) is 0 Å². The van der Waals surface area contributed by atoms with Crippen molar-refractivity contribution in [3.05, 3.63) is 65.3 Å². The third-order valence-electron chi connectivity index (χ3n) is 3.77. The van der Waals surface area contributed by atoms with Gasteiger partial charge in [0.15, 0.2) is 6.20 Å². The molecule has 2 aromatic carbocycles. The Balaban J connectivity index is 1.97. The molecule has 1 aliphatic heterocycles. The Kier molecular flexibility index (Phi) is 3.09. The van der Waals surface area contributed by atoms with Gasteiger partial charge in [-0.2, -0.15) is 0 Å². The molecule has 0 fully saturated rings. The SMILES string of the molecule is F[B-]1(F)Oc2ccc3ccccc3c2C=[N+]1c1ccc(Cl)cn1. The maximum Gasteiger partial charge on any atom is 0.734 e. The molecule has 23 heavy (non-hydrogen) atoms. The Morgan fingerprint density at radius 3 is 2.65 bits per heavy atom. The molecular formula is C16H10BClF2N2O. The smallest absolute Gasteiger partial charge is 0.623 e. The second kappa shape index (κ2) is 5.03. The Morgan fingerprint density at radius 2 is 1.87 bits per heavy atom. The van der Waals surface area contributed by atoms with Gasteiger partial charge >= 0.3 is 7.04 Å². The van der Waals surface area contributed by atoms with Crippen molar-refractivity contribution in [3.8, 4) is 5.75 Å². The Bertz CT molecular complexity index is 944. The van der Waals surface area contributed by atoms with E-state index in [1.54, 1.807) is 12.1 Å². The van der Waals surface area contributed by atoms with Gasteiger partial charge in [0.05, 0.1) is 22.6 Å². The fourth-order valence-electron chi connectivity index (χ4n) is 2.69. The normalized spacial score (nSPS) is 15.7. The van der Waals surface area contributed by atoms with Crippen molar-refractivity contribution in [2.24, 2.45) is 0 Å². The first-order valence-corrected chi connectivity index (χ1v) is 7.39. The lowest BCUT2D eigenvalue weighted by Crippen LogP contribution is -2.46. The molecule has 0 unspecified atom stereocenters. The second-order valence-corrected chi connectivity index (χ2v) is 5.69. The summed E-state index contributed by atoms with van der Waals surface area (Å²) in [6.07, 6.45) is 2.72. The number of hydrogen-bond acceptors (Lipinski definition) is 2. The van der Waals surface area contributed by atoms with Crippen molar-refractivity contribution in [3.63, 3.8) is 0 Å². The molecule has 0 radical (unpaired) electrons. The highest BCUT2D eigenvalue weighted by Crippen LogP contribution is 2.34. The third kappa shape index (κ3) is 2.35. The van der Waals surface area contributed by atoms with Crippen molar-refractivity contribution in [1.82, 2.24) is 4.98 Å². The minimum Gasteiger partial charge on any atom is -0.623 e. The van der Waals surface area contributed by atoms with Crippen LogP contribution >= 0.6 is 11.6 Å². The first-order valence-electron chi connectivity index (χ1n) is 7.01. The lowest BCUT2D eigenvalue weighted by molar-refractivity contribution is -0.348. The van der Waals surface area contributed by atoms with Crippen LogP contribution in [0.4, 0.5) is 14.4 Å². The van der Waals surface area contributed by atoms with Crippen LogP contribution in [-0.4, -0.2) is 22.7 Å². The van der Waals surface area contributed by atoms with Crippen molar-refractivity contribution in [1.29, 1.82) is 0 Å². The van der Waals surface area contributed by atoms with Crippen molar-refractivity contribution >= 4 is 41.4 Å². The number of aromatic nitrogens is 1. The van der Waals surface area contributed by atoms with E-state index in [1.165, 1.54) is 24.5 Å². The van der Waals surface area contributed by atoms with Gasteiger partial charge in [0.25, 0.3) is 5.82 Å². The van der Waals surface area contributed by atoms with Crippen LogP contribution in [0.5, 0.6) is 5.75 Å². The molecule has 114 valence electrons. The summed E-state index contributed by atoms with van der Waals surface area (Å²) in [5, 5.41) is 2.18. The summed E-state index contributed by atoms with van der Waals surface area (Å²) in [5.74, 6) is 0.247. The molecule has 0 amide bonds. The summed E-state index contributed by atoms with van der Waals surface area (Å²) in [6.45, 7) is 0. The highest BCUT2D eigenvalue weighted by molar-refractivity contribution is 6.53. The van der Waals surface area contributed by atoms with E-state index in [1.807, 2.05) is 24.3 Å². The fraction of sp³-hybridized carbons (Fsp3) is 0.